The Kier molecular flexibility index (Phi) is 9.31. The second kappa shape index (κ2) is 14.0. The zero-order valence-electron chi connectivity index (χ0n) is 29.9. The quantitative estimate of drug-likeness (QED) is 0.108. The lowest BCUT2D eigenvalue weighted by Crippen LogP contribution is -2.36. The van der Waals surface area contributed by atoms with Crippen molar-refractivity contribution in [3.8, 4) is 28.4 Å². The van der Waals surface area contributed by atoms with Gasteiger partial charge in [0.1, 0.15) is 23.3 Å². The van der Waals surface area contributed by atoms with Gasteiger partial charge in [-0.2, -0.15) is 5.10 Å². The zero-order valence-corrected chi connectivity index (χ0v) is 29.9. The third-order valence-electron chi connectivity index (χ3n) is 9.13. The van der Waals surface area contributed by atoms with Gasteiger partial charge in [-0.1, -0.05) is 50.2 Å². The molecule has 1 aliphatic heterocycles. The molecule has 0 saturated carbocycles. The number of nitrogens with zero attached hydrogens (tertiary/aromatic N) is 7. The molecule has 0 spiro atoms. The average Bonchev–Trinajstić information content (AvgIpc) is 3.77. The highest BCUT2D eigenvalue weighted by atomic mass is 16.6. The van der Waals surface area contributed by atoms with Crippen LogP contribution in [0, 0.1) is 10.1 Å². The van der Waals surface area contributed by atoms with Crippen LogP contribution in [0.1, 0.15) is 63.9 Å². The molecule has 52 heavy (non-hydrogen) atoms. The van der Waals surface area contributed by atoms with Crippen molar-refractivity contribution in [3.05, 3.63) is 112 Å². The van der Waals surface area contributed by atoms with Gasteiger partial charge in [-0.3, -0.25) is 15.1 Å². The van der Waals surface area contributed by atoms with E-state index in [4.69, 9.17) is 29.5 Å². The Morgan fingerprint density at radius 1 is 1.02 bits per heavy atom. The Bertz CT molecular complexity index is 2290. The summed E-state index contributed by atoms with van der Waals surface area (Å²) < 4.78 is 13.7. The Morgan fingerprint density at radius 2 is 1.85 bits per heavy atom. The first-order chi connectivity index (χ1) is 24.9. The van der Waals surface area contributed by atoms with E-state index in [9.17, 15) is 14.9 Å². The summed E-state index contributed by atoms with van der Waals surface area (Å²) in [6.45, 7) is 10.9. The first kappa shape index (κ1) is 34.5. The highest BCUT2D eigenvalue weighted by Gasteiger charge is 2.31. The molecule has 1 fully saturated rings. The number of amides is 1. The maximum Gasteiger partial charge on any atom is 0.410 e. The highest BCUT2D eigenvalue weighted by molar-refractivity contribution is 5.96. The van der Waals surface area contributed by atoms with Crippen LogP contribution in [0.2, 0.25) is 0 Å². The van der Waals surface area contributed by atoms with Crippen molar-refractivity contribution in [2.24, 2.45) is 0 Å². The number of carbonyl (C=O) groups excluding carboxylic acids is 1. The summed E-state index contributed by atoms with van der Waals surface area (Å²) in [7, 11) is 0. The van der Waals surface area contributed by atoms with Crippen molar-refractivity contribution in [1.29, 1.82) is 0 Å². The first-order valence-corrected chi connectivity index (χ1v) is 17.5. The molecule has 3 aromatic carbocycles. The summed E-state index contributed by atoms with van der Waals surface area (Å²) in [5.41, 5.74) is 4.88. The number of rotatable bonds is 9. The zero-order chi connectivity index (χ0) is 36.6. The van der Waals surface area contributed by atoms with Crippen LogP contribution in [0.3, 0.4) is 0 Å². The lowest BCUT2D eigenvalue weighted by molar-refractivity contribution is -0.384. The molecule has 6 aromatic rings. The molecular weight excluding hydrogens is 658 g/mol. The van der Waals surface area contributed by atoms with Crippen LogP contribution >= 0.6 is 0 Å². The number of nitro groups is 1. The van der Waals surface area contributed by atoms with E-state index < -0.39 is 5.60 Å². The van der Waals surface area contributed by atoms with E-state index in [0.29, 0.717) is 43.9 Å². The number of aryl methyl sites for hydroxylation is 2. The van der Waals surface area contributed by atoms with Crippen LogP contribution in [0.25, 0.3) is 39.1 Å². The van der Waals surface area contributed by atoms with Gasteiger partial charge in [0, 0.05) is 59.8 Å². The summed E-state index contributed by atoms with van der Waals surface area (Å²) >= 11 is 0. The lowest BCUT2D eigenvalue weighted by atomic mass is 9.96. The molecule has 3 aromatic heterocycles. The summed E-state index contributed by atoms with van der Waals surface area (Å²) in [4.78, 5) is 40.1. The van der Waals surface area contributed by atoms with Gasteiger partial charge in [0.25, 0.3) is 5.69 Å². The number of ether oxygens (including phenoxy) is 2. The number of hydrogen-bond donors (Lipinski definition) is 0. The predicted octanol–water partition coefficient (Wildman–Crippen LogP) is 8.21. The molecule has 4 heterocycles. The van der Waals surface area contributed by atoms with E-state index in [1.807, 2.05) is 73.9 Å². The van der Waals surface area contributed by atoms with Crippen LogP contribution in [0.4, 0.5) is 10.5 Å². The molecule has 1 amide bonds. The molecule has 0 radical (unpaired) electrons. The molecule has 0 aliphatic carbocycles. The molecule has 0 bridgehead atoms. The topological polar surface area (TPSA) is 138 Å². The van der Waals surface area contributed by atoms with Gasteiger partial charge in [0.15, 0.2) is 11.5 Å². The van der Waals surface area contributed by atoms with E-state index in [1.54, 1.807) is 29.3 Å². The Hall–Kier alpha value is -5.91. The highest BCUT2D eigenvalue weighted by Crippen LogP contribution is 2.32. The molecule has 1 atom stereocenters. The van der Waals surface area contributed by atoms with Gasteiger partial charge < -0.3 is 14.4 Å². The number of benzene rings is 3. The minimum atomic E-state index is -0.556. The molecule has 12 heteroatoms. The maximum atomic E-state index is 12.6. The maximum absolute atomic E-state index is 12.6. The van der Waals surface area contributed by atoms with Crippen molar-refractivity contribution < 1.29 is 19.2 Å². The fourth-order valence-corrected chi connectivity index (χ4v) is 6.58. The van der Waals surface area contributed by atoms with Gasteiger partial charge in [0.05, 0.1) is 23.4 Å². The summed E-state index contributed by atoms with van der Waals surface area (Å²) in [5, 5.41) is 17.7. The van der Waals surface area contributed by atoms with Crippen LogP contribution in [0.5, 0.6) is 5.75 Å². The number of non-ortho nitro benzene ring substituents is 1. The van der Waals surface area contributed by atoms with E-state index in [2.05, 4.69) is 19.9 Å². The third-order valence-corrected chi connectivity index (χ3v) is 9.13. The van der Waals surface area contributed by atoms with Crippen LogP contribution in [0.15, 0.2) is 85.2 Å². The van der Waals surface area contributed by atoms with Crippen LogP contribution in [-0.2, 0) is 17.6 Å². The summed E-state index contributed by atoms with van der Waals surface area (Å²) in [6, 6.07) is 22.5. The number of pyridine rings is 1. The van der Waals surface area contributed by atoms with Crippen molar-refractivity contribution in [1.82, 2.24) is 29.5 Å². The van der Waals surface area contributed by atoms with Crippen molar-refractivity contribution >= 4 is 28.2 Å². The Balaban J connectivity index is 1.17. The molecule has 1 unspecified atom stereocenters. The van der Waals surface area contributed by atoms with E-state index in [-0.39, 0.29) is 28.7 Å². The SMILES string of the molecule is CC(C)c1cnn2c(CCc3ccccc3-c3nccc4cc([N+](=O)[O-])ccc34)nc(-c3cccc(OC4CCN(C(=O)OC(C)(C)C)C4)c3)nc12. The minimum absolute atomic E-state index is 0.0435. The van der Waals surface area contributed by atoms with E-state index in [1.165, 1.54) is 6.07 Å². The number of carbonyl (C=O) groups is 1. The molecule has 266 valence electrons. The minimum Gasteiger partial charge on any atom is -0.488 e. The molecule has 1 saturated heterocycles. The Labute approximate surface area is 301 Å². The lowest BCUT2D eigenvalue weighted by Gasteiger charge is -2.24. The fraction of sp³-hybridized carbons (Fsp3) is 0.325. The van der Waals surface area contributed by atoms with Crippen molar-refractivity contribution in [3.63, 3.8) is 0 Å². The summed E-state index contributed by atoms with van der Waals surface area (Å²) in [5.74, 6) is 2.21. The van der Waals surface area contributed by atoms with Gasteiger partial charge in [-0.05, 0) is 68.3 Å². The number of fused-ring (bicyclic) bond motifs is 2. The van der Waals surface area contributed by atoms with Crippen LogP contribution < -0.4 is 4.74 Å². The van der Waals surface area contributed by atoms with E-state index >= 15 is 0 Å². The fourth-order valence-electron chi connectivity index (χ4n) is 6.58. The molecule has 7 rings (SSSR count). The second-order valence-corrected chi connectivity index (χ2v) is 14.4. The van der Waals surface area contributed by atoms with Gasteiger partial charge >= 0.3 is 6.09 Å². The Morgan fingerprint density at radius 3 is 2.63 bits per heavy atom. The summed E-state index contributed by atoms with van der Waals surface area (Å²) in [6.07, 6.45) is 4.99. The normalized spacial score (nSPS) is 14.7. The van der Waals surface area contributed by atoms with E-state index in [0.717, 1.165) is 50.2 Å². The number of likely N-dealkylation sites (tertiary alicyclic amines) is 1. The number of nitro benzene ring substituents is 1. The van der Waals surface area contributed by atoms with Gasteiger partial charge in [-0.25, -0.2) is 19.3 Å². The van der Waals surface area contributed by atoms with Crippen molar-refractivity contribution in [2.45, 2.75) is 71.5 Å². The van der Waals surface area contributed by atoms with Gasteiger partial charge in [0.2, 0.25) is 0 Å². The molecular formula is C40H41N7O5. The first-order valence-electron chi connectivity index (χ1n) is 17.5. The molecule has 1 aliphatic rings. The largest absolute Gasteiger partial charge is 0.488 e. The van der Waals surface area contributed by atoms with Crippen LogP contribution in [-0.4, -0.2) is 65.3 Å². The predicted molar refractivity (Wildman–Crippen MR) is 198 cm³/mol. The second-order valence-electron chi connectivity index (χ2n) is 14.4. The molecule has 12 nitrogen and oxygen atoms in total. The molecule has 0 N–H and O–H groups in total. The third kappa shape index (κ3) is 7.27. The number of hydrogen-bond acceptors (Lipinski definition) is 9. The standard InChI is InChI=1S/C40H41N7O5/c1-25(2)34-23-42-46-35(16-13-26-9-6-7-12-32(26)36-33-15-14-29(47(49)50)21-27(33)17-19-41-36)43-37(44-38(34)46)28-10-8-11-30(22-28)51-31-18-20-45(24-31)39(48)52-40(3,4)5/h6-12,14-15,17,19,21-23,25,31H,13,16,18,20,24H2,1-5H3. The smallest absolute Gasteiger partial charge is 0.410 e. The number of aromatic nitrogens is 5. The van der Waals surface area contributed by atoms with Crippen molar-refractivity contribution in [2.75, 3.05) is 13.1 Å². The monoisotopic (exact) mass is 699 g/mol. The average molecular weight is 700 g/mol. The van der Waals surface area contributed by atoms with Gasteiger partial charge in [-0.15, -0.1) is 0 Å².